The van der Waals surface area contributed by atoms with E-state index in [1.165, 1.54) is 24.4 Å². The predicted octanol–water partition coefficient (Wildman–Crippen LogP) is 3.12. The monoisotopic (exact) mass is 351 g/mol. The Morgan fingerprint density at radius 3 is 2.91 bits per heavy atom. The van der Waals surface area contributed by atoms with Crippen LogP contribution >= 0.6 is 23.8 Å². The second-order valence-corrected chi connectivity index (χ2v) is 5.25. The number of furan rings is 1. The Labute approximate surface area is 143 Å². The third kappa shape index (κ3) is 4.54. The molecule has 3 N–H and O–H groups in total. The summed E-state index contributed by atoms with van der Waals surface area (Å²) in [6.45, 7) is 2.62. The van der Waals surface area contributed by atoms with Crippen molar-refractivity contribution in [3.63, 3.8) is 0 Å². The number of hydrogen-bond donors (Lipinski definition) is 3. The Morgan fingerprint density at radius 2 is 2.22 bits per heavy atom. The molecule has 0 aliphatic rings. The Morgan fingerprint density at radius 1 is 1.43 bits per heavy atom. The normalized spacial score (nSPS) is 10.7. The van der Waals surface area contributed by atoms with Crippen LogP contribution in [0, 0.1) is 0 Å². The number of benzene rings is 1. The fraction of sp³-hybridized carbons (Fsp3) is 0.133. The summed E-state index contributed by atoms with van der Waals surface area (Å²) in [6, 6.07) is 7.80. The maximum absolute atomic E-state index is 11.0. The zero-order valence-electron chi connectivity index (χ0n) is 12.2. The first-order valence-electron chi connectivity index (χ1n) is 6.71. The van der Waals surface area contributed by atoms with E-state index in [0.29, 0.717) is 33.8 Å². The number of carboxylic acid groups (broad SMARTS) is 1. The predicted molar refractivity (Wildman–Crippen MR) is 93.1 cm³/mol. The minimum absolute atomic E-state index is 0.133. The van der Waals surface area contributed by atoms with Crippen molar-refractivity contribution in [1.82, 2.24) is 10.7 Å². The summed E-state index contributed by atoms with van der Waals surface area (Å²) in [6.07, 6.45) is 1.46. The van der Waals surface area contributed by atoms with E-state index in [-0.39, 0.29) is 5.56 Å². The number of hydrazone groups is 1. The highest BCUT2D eigenvalue weighted by Gasteiger charge is 2.12. The molecule has 0 fully saturated rings. The first-order chi connectivity index (χ1) is 11.0. The lowest BCUT2D eigenvalue weighted by molar-refractivity contribution is 0.0697. The number of carboxylic acids is 1. The van der Waals surface area contributed by atoms with Crippen LogP contribution in [0.1, 0.15) is 23.0 Å². The van der Waals surface area contributed by atoms with Crippen LogP contribution < -0.4 is 10.7 Å². The number of nitrogens with zero attached hydrogens (tertiary/aromatic N) is 1. The average molecular weight is 352 g/mol. The molecule has 0 aliphatic carbocycles. The van der Waals surface area contributed by atoms with Crippen molar-refractivity contribution in [1.29, 1.82) is 0 Å². The van der Waals surface area contributed by atoms with Gasteiger partial charge in [-0.2, -0.15) is 5.10 Å². The SMILES string of the molecule is CCNC(=S)N/N=C\c1ccc(-c2cc(C(=O)O)ccc2Cl)o1. The van der Waals surface area contributed by atoms with Gasteiger partial charge in [0.25, 0.3) is 0 Å². The minimum Gasteiger partial charge on any atom is -0.478 e. The molecule has 1 heterocycles. The molecule has 0 saturated carbocycles. The van der Waals surface area contributed by atoms with Crippen molar-refractivity contribution in [3.05, 3.63) is 46.7 Å². The van der Waals surface area contributed by atoms with Crippen molar-refractivity contribution < 1.29 is 14.3 Å². The van der Waals surface area contributed by atoms with Crippen LogP contribution in [-0.2, 0) is 0 Å². The molecule has 0 aliphatic heterocycles. The number of halogens is 1. The van der Waals surface area contributed by atoms with Crippen molar-refractivity contribution in [3.8, 4) is 11.3 Å². The molecule has 120 valence electrons. The van der Waals surface area contributed by atoms with Gasteiger partial charge < -0.3 is 14.8 Å². The quantitative estimate of drug-likeness (QED) is 0.436. The molecule has 6 nitrogen and oxygen atoms in total. The van der Waals surface area contributed by atoms with Gasteiger partial charge in [0.2, 0.25) is 0 Å². The molecule has 2 rings (SSSR count). The highest BCUT2D eigenvalue weighted by atomic mass is 35.5. The molecule has 8 heteroatoms. The third-order valence-corrected chi connectivity index (χ3v) is 3.37. The lowest BCUT2D eigenvalue weighted by atomic mass is 10.1. The summed E-state index contributed by atoms with van der Waals surface area (Å²) in [4.78, 5) is 11.0. The summed E-state index contributed by atoms with van der Waals surface area (Å²) >= 11 is 11.1. The van der Waals surface area contributed by atoms with E-state index in [9.17, 15) is 4.79 Å². The molecular weight excluding hydrogens is 338 g/mol. The number of thiocarbonyl (C=S) groups is 1. The van der Waals surface area contributed by atoms with Gasteiger partial charge in [0.05, 0.1) is 16.8 Å². The molecule has 0 atom stereocenters. The van der Waals surface area contributed by atoms with E-state index in [1.807, 2.05) is 6.92 Å². The third-order valence-electron chi connectivity index (χ3n) is 2.80. The van der Waals surface area contributed by atoms with Gasteiger partial charge in [-0.3, -0.25) is 5.43 Å². The van der Waals surface area contributed by atoms with E-state index < -0.39 is 5.97 Å². The van der Waals surface area contributed by atoms with Crippen LogP contribution in [0.5, 0.6) is 0 Å². The van der Waals surface area contributed by atoms with Gasteiger partial charge in [-0.05, 0) is 49.5 Å². The van der Waals surface area contributed by atoms with Gasteiger partial charge in [0.1, 0.15) is 11.5 Å². The van der Waals surface area contributed by atoms with Gasteiger partial charge >= 0.3 is 5.97 Å². The number of carbonyl (C=O) groups is 1. The lowest BCUT2D eigenvalue weighted by Crippen LogP contribution is -2.31. The zero-order chi connectivity index (χ0) is 16.8. The van der Waals surface area contributed by atoms with Crippen LogP contribution in [0.2, 0.25) is 5.02 Å². The Hall–Kier alpha value is -2.38. The van der Waals surface area contributed by atoms with Gasteiger partial charge in [-0.15, -0.1) is 0 Å². The zero-order valence-corrected chi connectivity index (χ0v) is 13.7. The summed E-state index contributed by atoms with van der Waals surface area (Å²) in [5.41, 5.74) is 3.28. The molecule has 0 spiro atoms. The minimum atomic E-state index is -1.03. The van der Waals surface area contributed by atoms with Gasteiger partial charge in [0, 0.05) is 12.1 Å². The van der Waals surface area contributed by atoms with Crippen LogP contribution in [0.15, 0.2) is 39.9 Å². The second-order valence-electron chi connectivity index (χ2n) is 4.43. The smallest absolute Gasteiger partial charge is 0.335 e. The van der Waals surface area contributed by atoms with Crippen molar-refractivity contribution >= 4 is 41.1 Å². The molecule has 0 saturated heterocycles. The van der Waals surface area contributed by atoms with E-state index >= 15 is 0 Å². The fourth-order valence-electron chi connectivity index (χ4n) is 1.77. The van der Waals surface area contributed by atoms with E-state index in [2.05, 4.69) is 15.8 Å². The van der Waals surface area contributed by atoms with Crippen molar-refractivity contribution in [2.75, 3.05) is 6.54 Å². The Bertz CT molecular complexity index is 758. The van der Waals surface area contributed by atoms with Crippen LogP contribution in [0.25, 0.3) is 11.3 Å². The topological polar surface area (TPSA) is 86.9 Å². The summed E-state index contributed by atoms with van der Waals surface area (Å²) in [5.74, 6) is -0.102. The van der Waals surface area contributed by atoms with E-state index in [0.717, 1.165) is 0 Å². The maximum atomic E-state index is 11.0. The van der Waals surface area contributed by atoms with E-state index in [1.54, 1.807) is 12.1 Å². The summed E-state index contributed by atoms with van der Waals surface area (Å²) in [5, 5.41) is 16.7. The highest BCUT2D eigenvalue weighted by molar-refractivity contribution is 7.80. The second kappa shape index (κ2) is 7.75. The highest BCUT2D eigenvalue weighted by Crippen LogP contribution is 2.30. The molecule has 2 aromatic rings. The number of hydrogen-bond acceptors (Lipinski definition) is 4. The average Bonchev–Trinajstić information content (AvgIpc) is 2.96. The number of aromatic carboxylic acids is 1. The van der Waals surface area contributed by atoms with Crippen molar-refractivity contribution in [2.45, 2.75) is 6.92 Å². The van der Waals surface area contributed by atoms with Crippen LogP contribution in [0.4, 0.5) is 0 Å². The maximum Gasteiger partial charge on any atom is 0.335 e. The number of nitrogens with one attached hydrogen (secondary N) is 2. The van der Waals surface area contributed by atoms with Crippen molar-refractivity contribution in [2.24, 2.45) is 5.10 Å². The Kier molecular flexibility index (Phi) is 5.72. The largest absolute Gasteiger partial charge is 0.478 e. The van der Waals surface area contributed by atoms with Crippen LogP contribution in [-0.4, -0.2) is 28.9 Å². The fourth-order valence-corrected chi connectivity index (χ4v) is 2.18. The Balaban J connectivity index is 2.16. The molecular formula is C15H14ClN3O3S. The van der Waals surface area contributed by atoms with Gasteiger partial charge in [0.15, 0.2) is 5.11 Å². The molecule has 0 amide bonds. The van der Waals surface area contributed by atoms with Gasteiger partial charge in [-0.25, -0.2) is 4.79 Å². The molecule has 1 aromatic heterocycles. The van der Waals surface area contributed by atoms with Gasteiger partial charge in [-0.1, -0.05) is 11.6 Å². The first-order valence-corrected chi connectivity index (χ1v) is 7.50. The molecule has 23 heavy (non-hydrogen) atoms. The standard InChI is InChI=1S/C15H14ClN3O3S/c1-2-17-15(23)19-18-8-10-4-6-13(22-10)11-7-9(14(20)21)3-5-12(11)16/h3-8H,2H2,1H3,(H,20,21)(H2,17,19,23)/b18-8-. The number of rotatable bonds is 5. The molecule has 0 bridgehead atoms. The first kappa shape index (κ1) is 17.0. The molecule has 0 unspecified atom stereocenters. The van der Waals surface area contributed by atoms with Crippen LogP contribution in [0.3, 0.4) is 0 Å². The molecule has 0 radical (unpaired) electrons. The summed E-state index contributed by atoms with van der Waals surface area (Å²) in [7, 11) is 0. The van der Waals surface area contributed by atoms with E-state index in [4.69, 9.17) is 33.3 Å². The molecule has 1 aromatic carbocycles. The lowest BCUT2D eigenvalue weighted by Gasteiger charge is -2.03. The summed E-state index contributed by atoms with van der Waals surface area (Å²) < 4.78 is 5.60.